The van der Waals surface area contributed by atoms with Gasteiger partial charge in [0.1, 0.15) is 0 Å². The van der Waals surface area contributed by atoms with Crippen molar-refractivity contribution in [3.8, 4) is 11.5 Å². The predicted molar refractivity (Wildman–Crippen MR) is 129 cm³/mol. The largest absolute Gasteiger partial charge is 0.493 e. The maximum absolute atomic E-state index is 5.47. The zero-order chi connectivity index (χ0) is 22.6. The number of guanidine groups is 1. The first-order valence-electron chi connectivity index (χ1n) is 11.3. The van der Waals surface area contributed by atoms with E-state index < -0.39 is 0 Å². The molecule has 1 aliphatic heterocycles. The Bertz CT molecular complexity index is 866. The molecule has 1 aliphatic rings. The van der Waals surface area contributed by atoms with Crippen LogP contribution in [0.4, 0.5) is 0 Å². The third-order valence-electron chi connectivity index (χ3n) is 5.52. The summed E-state index contributed by atoms with van der Waals surface area (Å²) in [6, 6.07) is 14.6. The average Bonchev–Trinajstić information content (AvgIpc) is 2.84. The van der Waals surface area contributed by atoms with Gasteiger partial charge in [0, 0.05) is 32.7 Å². The van der Waals surface area contributed by atoms with Crippen LogP contribution in [0.25, 0.3) is 0 Å². The number of nitrogens with zero attached hydrogens (tertiary/aromatic N) is 2. The summed E-state index contributed by atoms with van der Waals surface area (Å²) in [6.07, 6.45) is 0.860. The average molecular weight is 441 g/mol. The summed E-state index contributed by atoms with van der Waals surface area (Å²) in [5.74, 6) is 2.33. The Kier molecular flexibility index (Phi) is 9.65. The lowest BCUT2D eigenvalue weighted by Crippen LogP contribution is -2.38. The quantitative estimate of drug-likeness (QED) is 0.438. The maximum Gasteiger partial charge on any atom is 0.191 e. The van der Waals surface area contributed by atoms with Crippen molar-refractivity contribution in [1.29, 1.82) is 0 Å². The minimum absolute atomic E-state index is 0.645. The number of hydrogen-bond donors (Lipinski definition) is 2. The van der Waals surface area contributed by atoms with Gasteiger partial charge in [-0.25, -0.2) is 4.99 Å². The van der Waals surface area contributed by atoms with Gasteiger partial charge in [0.05, 0.1) is 34.0 Å². The molecule has 0 unspecified atom stereocenters. The highest BCUT2D eigenvalue weighted by atomic mass is 16.5. The van der Waals surface area contributed by atoms with Crippen LogP contribution in [0.2, 0.25) is 0 Å². The molecule has 32 heavy (non-hydrogen) atoms. The van der Waals surface area contributed by atoms with Crippen LogP contribution in [0.1, 0.15) is 23.6 Å². The van der Waals surface area contributed by atoms with Crippen molar-refractivity contribution in [2.45, 2.75) is 26.4 Å². The number of rotatable bonds is 10. The summed E-state index contributed by atoms with van der Waals surface area (Å²) < 4.78 is 16.2. The molecule has 2 N–H and O–H groups in total. The highest BCUT2D eigenvalue weighted by Crippen LogP contribution is 2.27. The van der Waals surface area contributed by atoms with Gasteiger partial charge >= 0.3 is 0 Å². The van der Waals surface area contributed by atoms with E-state index in [1.807, 2.05) is 12.1 Å². The number of morpholine rings is 1. The molecule has 0 saturated carbocycles. The standard InChI is InChI=1S/C25H36N4O3/c1-4-26-25(27-12-11-20-9-10-23(30-2)24(17-20)31-3)28-18-21-7-5-6-8-22(21)19-29-13-15-32-16-14-29/h5-10,17H,4,11-16,18-19H2,1-3H3,(H2,26,27,28). The Hall–Kier alpha value is -2.77. The number of nitrogens with one attached hydrogen (secondary N) is 2. The third kappa shape index (κ3) is 7.14. The highest BCUT2D eigenvalue weighted by Gasteiger charge is 2.12. The number of aliphatic imine (C=N–C) groups is 1. The molecule has 0 amide bonds. The fourth-order valence-electron chi connectivity index (χ4n) is 3.73. The Morgan fingerprint density at radius 1 is 1.00 bits per heavy atom. The normalized spacial score (nSPS) is 14.8. The van der Waals surface area contributed by atoms with E-state index in [4.69, 9.17) is 19.2 Å². The fourth-order valence-corrected chi connectivity index (χ4v) is 3.73. The minimum Gasteiger partial charge on any atom is -0.493 e. The van der Waals surface area contributed by atoms with Crippen molar-refractivity contribution >= 4 is 5.96 Å². The summed E-state index contributed by atoms with van der Waals surface area (Å²) in [6.45, 7) is 8.86. The SMILES string of the molecule is CCNC(=NCc1ccccc1CN1CCOCC1)NCCc1ccc(OC)c(OC)c1. The van der Waals surface area contributed by atoms with Gasteiger partial charge in [-0.05, 0) is 42.2 Å². The van der Waals surface area contributed by atoms with Gasteiger partial charge in [-0.15, -0.1) is 0 Å². The van der Waals surface area contributed by atoms with E-state index >= 15 is 0 Å². The molecule has 0 atom stereocenters. The van der Waals surface area contributed by atoms with Gasteiger partial charge in [-0.3, -0.25) is 4.90 Å². The molecular weight excluding hydrogens is 404 g/mol. The molecule has 1 fully saturated rings. The van der Waals surface area contributed by atoms with Crippen molar-refractivity contribution in [2.24, 2.45) is 4.99 Å². The Balaban J connectivity index is 1.58. The van der Waals surface area contributed by atoms with Crippen LogP contribution >= 0.6 is 0 Å². The van der Waals surface area contributed by atoms with E-state index in [9.17, 15) is 0 Å². The third-order valence-corrected chi connectivity index (χ3v) is 5.52. The first-order chi connectivity index (χ1) is 15.7. The minimum atomic E-state index is 0.645. The molecule has 7 heteroatoms. The molecule has 2 aromatic carbocycles. The van der Waals surface area contributed by atoms with Crippen LogP contribution in [0.5, 0.6) is 11.5 Å². The van der Waals surface area contributed by atoms with E-state index in [1.165, 1.54) is 16.7 Å². The van der Waals surface area contributed by atoms with Crippen LogP contribution in [-0.4, -0.2) is 64.5 Å². The van der Waals surface area contributed by atoms with Gasteiger partial charge in [0.15, 0.2) is 17.5 Å². The lowest BCUT2D eigenvalue weighted by atomic mass is 10.1. The van der Waals surface area contributed by atoms with Gasteiger partial charge in [0.25, 0.3) is 0 Å². The molecule has 0 spiro atoms. The van der Waals surface area contributed by atoms with E-state index in [-0.39, 0.29) is 0 Å². The van der Waals surface area contributed by atoms with Gasteiger partial charge in [0.2, 0.25) is 0 Å². The molecular formula is C25H36N4O3. The number of methoxy groups -OCH3 is 2. The highest BCUT2D eigenvalue weighted by molar-refractivity contribution is 5.79. The molecule has 3 rings (SSSR count). The Morgan fingerprint density at radius 2 is 1.75 bits per heavy atom. The smallest absolute Gasteiger partial charge is 0.191 e. The summed E-state index contributed by atoms with van der Waals surface area (Å²) in [4.78, 5) is 7.28. The van der Waals surface area contributed by atoms with Crippen LogP contribution in [0.3, 0.4) is 0 Å². The molecule has 0 radical (unpaired) electrons. The maximum atomic E-state index is 5.47. The van der Waals surface area contributed by atoms with Crippen LogP contribution in [0, 0.1) is 0 Å². The molecule has 0 aromatic heterocycles. The number of benzene rings is 2. The van der Waals surface area contributed by atoms with Crippen LogP contribution in [-0.2, 0) is 24.2 Å². The van der Waals surface area contributed by atoms with Gasteiger partial charge in [-0.1, -0.05) is 30.3 Å². The summed E-state index contributed by atoms with van der Waals surface area (Å²) in [5, 5.41) is 6.79. The second-order valence-corrected chi connectivity index (χ2v) is 7.72. The topological polar surface area (TPSA) is 67.4 Å². The fraction of sp³-hybridized carbons (Fsp3) is 0.480. The Labute approximate surface area is 191 Å². The second-order valence-electron chi connectivity index (χ2n) is 7.72. The first-order valence-corrected chi connectivity index (χ1v) is 11.3. The zero-order valence-corrected chi connectivity index (χ0v) is 19.5. The van der Waals surface area contributed by atoms with Gasteiger partial charge in [-0.2, -0.15) is 0 Å². The number of hydrogen-bond acceptors (Lipinski definition) is 5. The molecule has 1 heterocycles. The van der Waals surface area contributed by atoms with Crippen molar-refractivity contribution in [3.63, 3.8) is 0 Å². The molecule has 0 bridgehead atoms. The van der Waals surface area contributed by atoms with E-state index in [1.54, 1.807) is 14.2 Å². The lowest BCUT2D eigenvalue weighted by Gasteiger charge is -2.27. The second kappa shape index (κ2) is 12.9. The zero-order valence-electron chi connectivity index (χ0n) is 19.5. The molecule has 174 valence electrons. The molecule has 2 aromatic rings. The van der Waals surface area contributed by atoms with Crippen molar-refractivity contribution in [1.82, 2.24) is 15.5 Å². The lowest BCUT2D eigenvalue weighted by molar-refractivity contribution is 0.0341. The monoisotopic (exact) mass is 440 g/mol. The summed E-state index contributed by atoms with van der Waals surface area (Å²) in [5.41, 5.74) is 3.78. The molecule has 0 aliphatic carbocycles. The van der Waals surface area contributed by atoms with Crippen molar-refractivity contribution in [3.05, 3.63) is 59.2 Å². The van der Waals surface area contributed by atoms with Crippen molar-refractivity contribution < 1.29 is 14.2 Å². The van der Waals surface area contributed by atoms with Crippen molar-refractivity contribution in [2.75, 3.05) is 53.6 Å². The number of ether oxygens (including phenoxy) is 3. The predicted octanol–water partition coefficient (Wildman–Crippen LogP) is 2.83. The van der Waals surface area contributed by atoms with E-state index in [0.717, 1.165) is 69.8 Å². The first kappa shape index (κ1) is 23.9. The van der Waals surface area contributed by atoms with Gasteiger partial charge < -0.3 is 24.8 Å². The molecule has 7 nitrogen and oxygen atoms in total. The summed E-state index contributed by atoms with van der Waals surface area (Å²) in [7, 11) is 3.31. The molecule has 1 saturated heterocycles. The van der Waals surface area contributed by atoms with E-state index in [2.05, 4.69) is 52.8 Å². The van der Waals surface area contributed by atoms with Crippen LogP contribution in [0.15, 0.2) is 47.5 Å². The van der Waals surface area contributed by atoms with Crippen LogP contribution < -0.4 is 20.1 Å². The van der Waals surface area contributed by atoms with E-state index in [0.29, 0.717) is 6.54 Å². The summed E-state index contributed by atoms with van der Waals surface area (Å²) >= 11 is 0. The Morgan fingerprint density at radius 3 is 2.47 bits per heavy atom.